The van der Waals surface area contributed by atoms with Gasteiger partial charge in [0, 0.05) is 31.2 Å². The second-order valence-electron chi connectivity index (χ2n) is 3.34. The first kappa shape index (κ1) is 8.74. The molecule has 0 aromatic carbocycles. The second kappa shape index (κ2) is 3.91. The van der Waals surface area contributed by atoms with Gasteiger partial charge in [-0.05, 0) is 6.07 Å². The van der Waals surface area contributed by atoms with E-state index in [2.05, 4.69) is 10.6 Å². The minimum Gasteiger partial charge on any atom is -0.472 e. The Bertz CT molecular complexity index is 248. The standard InChI is InChI=1S/C9H14N2O2/c12-9-5-10-4-8(9)11-3-7-1-2-13-6-7/h1-2,6,8-12H,3-5H2/t8-,9-/m1/s1. The van der Waals surface area contributed by atoms with Crippen molar-refractivity contribution in [1.82, 2.24) is 10.6 Å². The van der Waals surface area contributed by atoms with Gasteiger partial charge in [0.15, 0.2) is 0 Å². The molecule has 1 aliphatic heterocycles. The fraction of sp³-hybridized carbons (Fsp3) is 0.556. The maximum atomic E-state index is 9.47. The molecule has 1 aromatic heterocycles. The summed E-state index contributed by atoms with van der Waals surface area (Å²) in [5.41, 5.74) is 1.11. The average Bonchev–Trinajstić information content (AvgIpc) is 2.72. The van der Waals surface area contributed by atoms with Crippen molar-refractivity contribution >= 4 is 0 Å². The number of rotatable bonds is 3. The topological polar surface area (TPSA) is 57.4 Å². The minimum atomic E-state index is -0.271. The molecule has 0 saturated carbocycles. The van der Waals surface area contributed by atoms with Gasteiger partial charge in [-0.25, -0.2) is 0 Å². The number of hydrogen-bond acceptors (Lipinski definition) is 4. The van der Waals surface area contributed by atoms with E-state index >= 15 is 0 Å². The zero-order chi connectivity index (χ0) is 9.10. The molecule has 2 heterocycles. The van der Waals surface area contributed by atoms with E-state index < -0.39 is 0 Å². The van der Waals surface area contributed by atoms with Crippen molar-refractivity contribution < 1.29 is 9.52 Å². The highest BCUT2D eigenvalue weighted by Gasteiger charge is 2.23. The zero-order valence-electron chi connectivity index (χ0n) is 7.36. The summed E-state index contributed by atoms with van der Waals surface area (Å²) in [6, 6.07) is 2.08. The summed E-state index contributed by atoms with van der Waals surface area (Å²) in [5.74, 6) is 0. The number of hydrogen-bond donors (Lipinski definition) is 3. The van der Waals surface area contributed by atoms with Crippen molar-refractivity contribution in [2.75, 3.05) is 13.1 Å². The fourth-order valence-electron chi connectivity index (χ4n) is 1.52. The van der Waals surface area contributed by atoms with Gasteiger partial charge in [0.05, 0.1) is 18.6 Å². The number of furan rings is 1. The summed E-state index contributed by atoms with van der Waals surface area (Å²) in [5, 5.41) is 15.8. The monoisotopic (exact) mass is 182 g/mol. The fourth-order valence-corrected chi connectivity index (χ4v) is 1.52. The average molecular weight is 182 g/mol. The van der Waals surface area contributed by atoms with E-state index in [9.17, 15) is 5.11 Å². The first-order chi connectivity index (χ1) is 6.36. The van der Waals surface area contributed by atoms with Crippen LogP contribution in [0.4, 0.5) is 0 Å². The number of aliphatic hydroxyl groups excluding tert-OH is 1. The van der Waals surface area contributed by atoms with E-state index in [4.69, 9.17) is 4.42 Å². The molecule has 4 heteroatoms. The molecule has 3 N–H and O–H groups in total. The van der Waals surface area contributed by atoms with Crippen molar-refractivity contribution in [3.63, 3.8) is 0 Å². The molecule has 2 rings (SSSR count). The quantitative estimate of drug-likeness (QED) is 0.601. The SMILES string of the molecule is O[C@@H]1CNC[C@H]1NCc1ccoc1. The van der Waals surface area contributed by atoms with Crippen LogP contribution in [0.2, 0.25) is 0 Å². The molecule has 0 amide bonds. The van der Waals surface area contributed by atoms with Crippen LogP contribution < -0.4 is 10.6 Å². The Morgan fingerprint density at radius 1 is 1.62 bits per heavy atom. The molecule has 72 valence electrons. The smallest absolute Gasteiger partial charge is 0.0947 e. The van der Waals surface area contributed by atoms with Crippen LogP contribution >= 0.6 is 0 Å². The molecule has 1 aliphatic rings. The molecule has 0 unspecified atom stereocenters. The van der Waals surface area contributed by atoms with Gasteiger partial charge in [0.2, 0.25) is 0 Å². The van der Waals surface area contributed by atoms with Crippen molar-refractivity contribution in [1.29, 1.82) is 0 Å². The lowest BCUT2D eigenvalue weighted by atomic mass is 10.2. The summed E-state index contributed by atoms with van der Waals surface area (Å²) in [7, 11) is 0. The number of nitrogens with one attached hydrogen (secondary N) is 2. The molecular weight excluding hydrogens is 168 g/mol. The highest BCUT2D eigenvalue weighted by atomic mass is 16.3. The largest absolute Gasteiger partial charge is 0.472 e. The first-order valence-electron chi connectivity index (χ1n) is 4.49. The van der Waals surface area contributed by atoms with Crippen molar-refractivity contribution in [3.05, 3.63) is 24.2 Å². The van der Waals surface area contributed by atoms with Crippen molar-refractivity contribution in [2.45, 2.75) is 18.7 Å². The van der Waals surface area contributed by atoms with Gasteiger partial charge >= 0.3 is 0 Å². The third-order valence-electron chi connectivity index (χ3n) is 2.33. The molecule has 0 bridgehead atoms. The summed E-state index contributed by atoms with van der Waals surface area (Å²) in [4.78, 5) is 0. The predicted octanol–water partition coefficient (Wildman–Crippen LogP) is -0.298. The van der Waals surface area contributed by atoms with Gasteiger partial charge in [0.25, 0.3) is 0 Å². The summed E-state index contributed by atoms with van der Waals surface area (Å²) in [6.07, 6.45) is 3.09. The van der Waals surface area contributed by atoms with Crippen LogP contribution in [0.1, 0.15) is 5.56 Å². The van der Waals surface area contributed by atoms with Crippen LogP contribution in [-0.4, -0.2) is 30.3 Å². The zero-order valence-corrected chi connectivity index (χ0v) is 7.36. The first-order valence-corrected chi connectivity index (χ1v) is 4.49. The van der Waals surface area contributed by atoms with E-state index in [-0.39, 0.29) is 12.1 Å². The van der Waals surface area contributed by atoms with Crippen LogP contribution in [0.25, 0.3) is 0 Å². The van der Waals surface area contributed by atoms with Crippen LogP contribution in [0, 0.1) is 0 Å². The Balaban J connectivity index is 1.79. The van der Waals surface area contributed by atoms with Gasteiger partial charge < -0.3 is 20.2 Å². The maximum Gasteiger partial charge on any atom is 0.0947 e. The van der Waals surface area contributed by atoms with Crippen LogP contribution in [0.15, 0.2) is 23.0 Å². The molecule has 2 atom stereocenters. The lowest BCUT2D eigenvalue weighted by Gasteiger charge is -2.14. The third-order valence-corrected chi connectivity index (χ3v) is 2.33. The normalized spacial score (nSPS) is 28.1. The van der Waals surface area contributed by atoms with E-state index in [1.807, 2.05) is 6.07 Å². The van der Waals surface area contributed by atoms with Gasteiger partial charge in [-0.3, -0.25) is 0 Å². The second-order valence-corrected chi connectivity index (χ2v) is 3.34. The Morgan fingerprint density at radius 2 is 2.54 bits per heavy atom. The number of aliphatic hydroxyl groups is 1. The molecule has 1 saturated heterocycles. The van der Waals surface area contributed by atoms with E-state index in [0.717, 1.165) is 18.7 Å². The molecular formula is C9H14N2O2. The highest BCUT2D eigenvalue weighted by Crippen LogP contribution is 2.03. The molecule has 0 spiro atoms. The lowest BCUT2D eigenvalue weighted by Crippen LogP contribution is -2.38. The molecule has 13 heavy (non-hydrogen) atoms. The van der Waals surface area contributed by atoms with Gasteiger partial charge in [-0.1, -0.05) is 0 Å². The molecule has 1 aromatic rings. The maximum absolute atomic E-state index is 9.47. The predicted molar refractivity (Wildman–Crippen MR) is 48.2 cm³/mol. The Morgan fingerprint density at radius 3 is 3.15 bits per heavy atom. The molecule has 0 aliphatic carbocycles. The van der Waals surface area contributed by atoms with E-state index in [0.29, 0.717) is 6.54 Å². The summed E-state index contributed by atoms with van der Waals surface area (Å²) < 4.78 is 4.94. The third kappa shape index (κ3) is 2.09. The van der Waals surface area contributed by atoms with Crippen molar-refractivity contribution in [3.8, 4) is 0 Å². The molecule has 0 radical (unpaired) electrons. The van der Waals surface area contributed by atoms with Crippen LogP contribution in [0.3, 0.4) is 0 Å². The Hall–Kier alpha value is -0.840. The Kier molecular flexibility index (Phi) is 2.63. The van der Waals surface area contributed by atoms with E-state index in [1.165, 1.54) is 0 Å². The number of β-amino-alcohol motifs (C(OH)–C–C–N with tert-alkyl or cyclic N) is 1. The van der Waals surface area contributed by atoms with Crippen LogP contribution in [-0.2, 0) is 6.54 Å². The summed E-state index contributed by atoms with van der Waals surface area (Å²) >= 11 is 0. The Labute approximate surface area is 76.9 Å². The highest BCUT2D eigenvalue weighted by molar-refractivity contribution is 5.05. The lowest BCUT2D eigenvalue weighted by molar-refractivity contribution is 0.162. The van der Waals surface area contributed by atoms with Gasteiger partial charge in [0.1, 0.15) is 0 Å². The van der Waals surface area contributed by atoms with Crippen molar-refractivity contribution in [2.24, 2.45) is 0 Å². The van der Waals surface area contributed by atoms with Gasteiger partial charge in [-0.2, -0.15) is 0 Å². The minimum absolute atomic E-state index is 0.162. The van der Waals surface area contributed by atoms with E-state index in [1.54, 1.807) is 12.5 Å². The van der Waals surface area contributed by atoms with Crippen LogP contribution in [0.5, 0.6) is 0 Å². The molecule has 4 nitrogen and oxygen atoms in total. The molecule has 1 fully saturated rings. The summed E-state index contributed by atoms with van der Waals surface area (Å²) in [6.45, 7) is 2.27. The van der Waals surface area contributed by atoms with Gasteiger partial charge in [-0.15, -0.1) is 0 Å².